The minimum atomic E-state index is -4.43. The normalized spacial score (nSPS) is 10.8. The van der Waals surface area contributed by atoms with Crippen LogP contribution in [0.2, 0.25) is 0 Å². The average molecular weight is 290 g/mol. The Morgan fingerprint density at radius 1 is 1.20 bits per heavy atom. The van der Waals surface area contributed by atoms with Crippen LogP contribution in [-0.2, 0) is 9.53 Å². The summed E-state index contributed by atoms with van der Waals surface area (Å²) in [5, 5.41) is 4.36. The zero-order valence-corrected chi connectivity index (χ0v) is 10.6. The van der Waals surface area contributed by atoms with Crippen molar-refractivity contribution in [3.05, 3.63) is 29.8 Å². The summed E-state index contributed by atoms with van der Waals surface area (Å²) in [6, 6.07) is 5.98. The van der Waals surface area contributed by atoms with Gasteiger partial charge in [0.15, 0.2) is 0 Å². The molecule has 0 aromatic heterocycles. The third-order valence-corrected chi connectivity index (χ3v) is 2.25. The van der Waals surface area contributed by atoms with E-state index in [1.54, 1.807) is 5.32 Å². The van der Waals surface area contributed by atoms with E-state index < -0.39 is 24.6 Å². The van der Waals surface area contributed by atoms with Gasteiger partial charge in [-0.2, -0.15) is 13.2 Å². The van der Waals surface area contributed by atoms with E-state index in [-0.39, 0.29) is 6.54 Å². The Morgan fingerprint density at radius 3 is 2.30 bits per heavy atom. The summed E-state index contributed by atoms with van der Waals surface area (Å²) < 4.78 is 40.1. The molecule has 0 fully saturated rings. The second-order valence-corrected chi connectivity index (χ2v) is 3.81. The molecule has 1 aromatic carbocycles. The number of benzene rings is 1. The lowest BCUT2D eigenvalue weighted by atomic mass is 10.2. The number of ether oxygens (including phenoxy) is 1. The Balaban J connectivity index is 2.42. The maximum absolute atomic E-state index is 11.9. The Labute approximate surface area is 113 Å². The van der Waals surface area contributed by atoms with Crippen LogP contribution < -0.4 is 10.6 Å². The van der Waals surface area contributed by atoms with E-state index >= 15 is 0 Å². The molecule has 1 rings (SSSR count). The van der Waals surface area contributed by atoms with E-state index in [2.05, 4.69) is 10.1 Å². The van der Waals surface area contributed by atoms with Gasteiger partial charge in [0, 0.05) is 5.69 Å². The fourth-order valence-electron chi connectivity index (χ4n) is 1.29. The van der Waals surface area contributed by atoms with Crippen LogP contribution in [0.1, 0.15) is 10.4 Å². The smallest absolute Gasteiger partial charge is 0.405 e. The Kier molecular flexibility index (Phi) is 5.36. The van der Waals surface area contributed by atoms with E-state index in [0.29, 0.717) is 11.3 Å². The molecule has 20 heavy (non-hydrogen) atoms. The van der Waals surface area contributed by atoms with Crippen molar-refractivity contribution in [2.24, 2.45) is 0 Å². The number of methoxy groups -OCH3 is 1. The summed E-state index contributed by atoms with van der Waals surface area (Å²) in [4.78, 5) is 22.3. The number of anilines is 1. The number of hydrogen-bond acceptors (Lipinski definition) is 4. The van der Waals surface area contributed by atoms with Gasteiger partial charge < -0.3 is 15.4 Å². The topological polar surface area (TPSA) is 67.4 Å². The van der Waals surface area contributed by atoms with Crippen molar-refractivity contribution >= 4 is 17.6 Å². The molecule has 0 aliphatic heterocycles. The molecule has 8 heteroatoms. The molecular weight excluding hydrogens is 277 g/mol. The van der Waals surface area contributed by atoms with E-state index in [0.717, 1.165) is 0 Å². The van der Waals surface area contributed by atoms with Crippen molar-refractivity contribution in [1.29, 1.82) is 0 Å². The highest BCUT2D eigenvalue weighted by Gasteiger charge is 2.27. The molecule has 2 N–H and O–H groups in total. The highest BCUT2D eigenvalue weighted by molar-refractivity contribution is 5.89. The standard InChI is InChI=1S/C12H13F3N2O3/c1-20-11(19)8-2-4-9(5-3-8)16-6-10(18)17-7-12(13,14)15/h2-5,16H,6-7H2,1H3,(H,17,18). The van der Waals surface area contributed by atoms with Crippen LogP contribution in [-0.4, -0.2) is 38.3 Å². The third-order valence-electron chi connectivity index (χ3n) is 2.25. The van der Waals surface area contributed by atoms with Crippen LogP contribution in [0.4, 0.5) is 18.9 Å². The Hall–Kier alpha value is -2.25. The highest BCUT2D eigenvalue weighted by Crippen LogP contribution is 2.12. The summed E-state index contributed by atoms with van der Waals surface area (Å²) in [6.45, 7) is -1.66. The first kappa shape index (κ1) is 15.8. The molecule has 0 unspecified atom stereocenters. The molecule has 0 aliphatic rings. The summed E-state index contributed by atoms with van der Waals surface area (Å²) in [6.07, 6.45) is -4.43. The number of hydrogen-bond donors (Lipinski definition) is 2. The zero-order chi connectivity index (χ0) is 15.2. The molecule has 0 saturated heterocycles. The van der Waals surface area contributed by atoms with Gasteiger partial charge in [0.1, 0.15) is 6.54 Å². The molecule has 1 aromatic rings. The first-order valence-electron chi connectivity index (χ1n) is 5.57. The largest absolute Gasteiger partial charge is 0.465 e. The van der Waals surface area contributed by atoms with Crippen LogP contribution >= 0.6 is 0 Å². The lowest BCUT2D eigenvalue weighted by molar-refractivity contribution is -0.137. The second-order valence-electron chi connectivity index (χ2n) is 3.81. The SMILES string of the molecule is COC(=O)c1ccc(NCC(=O)NCC(F)(F)F)cc1. The van der Waals surface area contributed by atoms with Gasteiger partial charge in [0.25, 0.3) is 0 Å². The van der Waals surface area contributed by atoms with Gasteiger partial charge in [0.05, 0.1) is 19.2 Å². The van der Waals surface area contributed by atoms with E-state index in [4.69, 9.17) is 0 Å². The predicted molar refractivity (Wildman–Crippen MR) is 65.3 cm³/mol. The zero-order valence-electron chi connectivity index (χ0n) is 10.6. The van der Waals surface area contributed by atoms with Crippen molar-refractivity contribution in [3.8, 4) is 0 Å². The maximum atomic E-state index is 11.9. The van der Waals surface area contributed by atoms with Crippen LogP contribution in [0, 0.1) is 0 Å². The van der Waals surface area contributed by atoms with Crippen molar-refractivity contribution in [2.45, 2.75) is 6.18 Å². The number of nitrogens with one attached hydrogen (secondary N) is 2. The summed E-state index contributed by atoms with van der Waals surface area (Å²) >= 11 is 0. The lowest BCUT2D eigenvalue weighted by Crippen LogP contribution is -2.37. The van der Waals surface area contributed by atoms with Crippen molar-refractivity contribution < 1.29 is 27.5 Å². The lowest BCUT2D eigenvalue weighted by Gasteiger charge is -2.10. The maximum Gasteiger partial charge on any atom is 0.405 e. The Bertz CT molecular complexity index is 472. The van der Waals surface area contributed by atoms with Gasteiger partial charge in [0.2, 0.25) is 5.91 Å². The molecule has 0 atom stereocenters. The van der Waals surface area contributed by atoms with Crippen LogP contribution in [0.25, 0.3) is 0 Å². The molecule has 0 bridgehead atoms. The van der Waals surface area contributed by atoms with Gasteiger partial charge in [-0.3, -0.25) is 4.79 Å². The summed E-state index contributed by atoms with van der Waals surface area (Å²) in [7, 11) is 1.25. The first-order valence-corrected chi connectivity index (χ1v) is 5.57. The number of carbonyl (C=O) groups excluding carboxylic acids is 2. The van der Waals surface area contributed by atoms with Crippen molar-refractivity contribution in [3.63, 3.8) is 0 Å². The van der Waals surface area contributed by atoms with Crippen molar-refractivity contribution in [1.82, 2.24) is 5.32 Å². The fourth-order valence-corrected chi connectivity index (χ4v) is 1.29. The van der Waals surface area contributed by atoms with Crippen molar-refractivity contribution in [2.75, 3.05) is 25.5 Å². The molecule has 5 nitrogen and oxygen atoms in total. The number of esters is 1. The predicted octanol–water partition coefficient (Wildman–Crippen LogP) is 1.56. The minimum Gasteiger partial charge on any atom is -0.465 e. The molecule has 1 amide bonds. The number of amides is 1. The van der Waals surface area contributed by atoms with Gasteiger partial charge in [-0.1, -0.05) is 0 Å². The fraction of sp³-hybridized carbons (Fsp3) is 0.333. The molecule has 0 spiro atoms. The molecular formula is C12H13F3N2O3. The quantitative estimate of drug-likeness (QED) is 0.808. The van der Waals surface area contributed by atoms with Crippen LogP contribution in [0.5, 0.6) is 0 Å². The highest BCUT2D eigenvalue weighted by atomic mass is 19.4. The van der Waals surface area contributed by atoms with Crippen LogP contribution in [0.15, 0.2) is 24.3 Å². The number of rotatable bonds is 5. The average Bonchev–Trinajstić information content (AvgIpc) is 2.41. The molecule has 0 aliphatic carbocycles. The van der Waals surface area contributed by atoms with Crippen LogP contribution in [0.3, 0.4) is 0 Å². The van der Waals surface area contributed by atoms with Gasteiger partial charge >= 0.3 is 12.1 Å². The van der Waals surface area contributed by atoms with E-state index in [1.165, 1.54) is 31.4 Å². The van der Waals surface area contributed by atoms with Gasteiger partial charge in [-0.05, 0) is 24.3 Å². The molecule has 0 heterocycles. The second kappa shape index (κ2) is 6.78. The molecule has 110 valence electrons. The van der Waals surface area contributed by atoms with E-state index in [1.807, 2.05) is 0 Å². The number of alkyl halides is 3. The molecule has 0 saturated carbocycles. The third kappa shape index (κ3) is 5.59. The van der Waals surface area contributed by atoms with Gasteiger partial charge in [-0.15, -0.1) is 0 Å². The Morgan fingerprint density at radius 2 is 1.80 bits per heavy atom. The monoisotopic (exact) mass is 290 g/mol. The minimum absolute atomic E-state index is 0.298. The first-order chi connectivity index (χ1) is 9.31. The summed E-state index contributed by atoms with van der Waals surface area (Å²) in [5.41, 5.74) is 0.833. The molecule has 0 radical (unpaired) electrons. The number of carbonyl (C=O) groups is 2. The van der Waals surface area contributed by atoms with Gasteiger partial charge in [-0.25, -0.2) is 4.79 Å². The van der Waals surface area contributed by atoms with E-state index in [9.17, 15) is 22.8 Å². The summed E-state index contributed by atoms with van der Waals surface area (Å²) in [5.74, 6) is -1.28. The number of halogens is 3.